The summed E-state index contributed by atoms with van der Waals surface area (Å²) in [5, 5.41) is 17.7. The maximum absolute atomic E-state index is 9.30. The van der Waals surface area contributed by atoms with Gasteiger partial charge >= 0.3 is 0 Å². The van der Waals surface area contributed by atoms with E-state index in [0.29, 0.717) is 10.8 Å². The molecule has 22 heavy (non-hydrogen) atoms. The Hall–Kier alpha value is -2.11. The average molecular weight is 317 g/mol. The van der Waals surface area contributed by atoms with Gasteiger partial charge in [-0.05, 0) is 24.6 Å². The largest absolute Gasteiger partial charge is 0.394 e. The molecule has 3 rings (SSSR count). The molecule has 2 aromatic heterocycles. The number of hydrogen-bond donors (Lipinski definition) is 2. The zero-order chi connectivity index (χ0) is 15.5. The van der Waals surface area contributed by atoms with Gasteiger partial charge in [-0.3, -0.25) is 0 Å². The van der Waals surface area contributed by atoms with Crippen molar-refractivity contribution in [3.63, 3.8) is 0 Å². The first-order valence-electron chi connectivity index (χ1n) is 7.20. The standard InChI is InChI=1S/C16H17ClN4O/c1-2-11(10-22)19-15-7-8-16-18-9-14(21(16)20-15)12-5-3-4-6-13(12)17/h3-9,11,22H,2,10H2,1H3,(H,19,20). The van der Waals surface area contributed by atoms with E-state index in [4.69, 9.17) is 11.6 Å². The fourth-order valence-electron chi connectivity index (χ4n) is 2.29. The van der Waals surface area contributed by atoms with Gasteiger partial charge in [-0.1, -0.05) is 36.7 Å². The number of nitrogens with zero attached hydrogens (tertiary/aromatic N) is 3. The van der Waals surface area contributed by atoms with E-state index in [1.165, 1.54) is 0 Å². The normalized spacial score (nSPS) is 12.5. The van der Waals surface area contributed by atoms with E-state index in [-0.39, 0.29) is 12.6 Å². The molecule has 1 atom stereocenters. The lowest BCUT2D eigenvalue weighted by Crippen LogP contribution is -2.23. The number of imidazole rings is 1. The van der Waals surface area contributed by atoms with Crippen molar-refractivity contribution in [1.29, 1.82) is 0 Å². The summed E-state index contributed by atoms with van der Waals surface area (Å²) >= 11 is 6.27. The van der Waals surface area contributed by atoms with Crippen molar-refractivity contribution in [3.8, 4) is 11.3 Å². The van der Waals surface area contributed by atoms with E-state index < -0.39 is 0 Å². The van der Waals surface area contributed by atoms with Gasteiger partial charge in [0.05, 0.1) is 29.6 Å². The van der Waals surface area contributed by atoms with Crippen LogP contribution in [0.15, 0.2) is 42.6 Å². The topological polar surface area (TPSA) is 62.5 Å². The predicted molar refractivity (Wildman–Crippen MR) is 88.2 cm³/mol. The molecule has 0 saturated heterocycles. The van der Waals surface area contributed by atoms with Crippen molar-refractivity contribution in [2.75, 3.05) is 11.9 Å². The highest BCUT2D eigenvalue weighted by molar-refractivity contribution is 6.33. The van der Waals surface area contributed by atoms with Gasteiger partial charge in [-0.25, -0.2) is 9.50 Å². The van der Waals surface area contributed by atoms with Crippen molar-refractivity contribution >= 4 is 23.1 Å². The lowest BCUT2D eigenvalue weighted by molar-refractivity contribution is 0.271. The van der Waals surface area contributed by atoms with Crippen LogP contribution in [0, 0.1) is 0 Å². The fraction of sp³-hybridized carbons (Fsp3) is 0.250. The molecule has 0 aliphatic heterocycles. The number of nitrogens with one attached hydrogen (secondary N) is 1. The lowest BCUT2D eigenvalue weighted by atomic mass is 10.2. The van der Waals surface area contributed by atoms with Crippen LogP contribution < -0.4 is 5.32 Å². The number of benzene rings is 1. The summed E-state index contributed by atoms with van der Waals surface area (Å²) < 4.78 is 1.76. The van der Waals surface area contributed by atoms with Crippen LogP contribution in [-0.2, 0) is 0 Å². The molecule has 6 heteroatoms. The molecule has 2 heterocycles. The van der Waals surface area contributed by atoms with Gasteiger partial charge in [0, 0.05) is 5.56 Å². The van der Waals surface area contributed by atoms with Gasteiger partial charge in [-0.2, -0.15) is 0 Å². The number of anilines is 1. The molecule has 114 valence electrons. The lowest BCUT2D eigenvalue weighted by Gasteiger charge is -2.14. The number of hydrogen-bond acceptors (Lipinski definition) is 4. The number of fused-ring (bicyclic) bond motifs is 1. The predicted octanol–water partition coefficient (Wildman–Crippen LogP) is 3.23. The van der Waals surface area contributed by atoms with Crippen LogP contribution in [0.25, 0.3) is 16.9 Å². The number of aliphatic hydroxyl groups excluding tert-OH is 1. The molecule has 1 unspecified atom stereocenters. The van der Waals surface area contributed by atoms with Gasteiger partial charge < -0.3 is 10.4 Å². The molecule has 0 amide bonds. The van der Waals surface area contributed by atoms with Gasteiger partial charge in [0.2, 0.25) is 0 Å². The maximum atomic E-state index is 9.30. The molecule has 2 N–H and O–H groups in total. The molecule has 0 aliphatic carbocycles. The number of rotatable bonds is 5. The van der Waals surface area contributed by atoms with Crippen LogP contribution in [0.4, 0.5) is 5.82 Å². The Bertz CT molecular complexity index is 783. The monoisotopic (exact) mass is 316 g/mol. The Kier molecular flexibility index (Phi) is 4.27. The first-order chi connectivity index (χ1) is 10.7. The van der Waals surface area contributed by atoms with Crippen molar-refractivity contribution in [2.45, 2.75) is 19.4 Å². The third-order valence-electron chi connectivity index (χ3n) is 3.58. The number of halogens is 1. The summed E-state index contributed by atoms with van der Waals surface area (Å²) in [7, 11) is 0. The minimum Gasteiger partial charge on any atom is -0.394 e. The quantitative estimate of drug-likeness (QED) is 0.758. The summed E-state index contributed by atoms with van der Waals surface area (Å²) in [5.74, 6) is 0.694. The molecule has 0 bridgehead atoms. The molecule has 0 radical (unpaired) electrons. The van der Waals surface area contributed by atoms with Crippen molar-refractivity contribution in [3.05, 3.63) is 47.6 Å². The second kappa shape index (κ2) is 6.34. The van der Waals surface area contributed by atoms with Crippen LogP contribution in [0.1, 0.15) is 13.3 Å². The van der Waals surface area contributed by atoms with Crippen molar-refractivity contribution in [1.82, 2.24) is 14.6 Å². The van der Waals surface area contributed by atoms with Crippen LogP contribution >= 0.6 is 11.6 Å². The van der Waals surface area contributed by atoms with Crippen LogP contribution in [0.3, 0.4) is 0 Å². The smallest absolute Gasteiger partial charge is 0.154 e. The molecule has 1 aromatic carbocycles. The van der Waals surface area contributed by atoms with Crippen molar-refractivity contribution < 1.29 is 5.11 Å². The molecule has 5 nitrogen and oxygen atoms in total. The maximum Gasteiger partial charge on any atom is 0.154 e. The zero-order valence-corrected chi connectivity index (χ0v) is 13.0. The Morgan fingerprint density at radius 3 is 2.82 bits per heavy atom. The van der Waals surface area contributed by atoms with E-state index >= 15 is 0 Å². The third kappa shape index (κ3) is 2.77. The summed E-state index contributed by atoms with van der Waals surface area (Å²) in [5.41, 5.74) is 2.47. The Morgan fingerprint density at radius 2 is 2.09 bits per heavy atom. The molecule has 0 spiro atoms. The van der Waals surface area contributed by atoms with Gasteiger partial charge in [0.15, 0.2) is 5.65 Å². The first-order valence-corrected chi connectivity index (χ1v) is 7.57. The summed E-state index contributed by atoms with van der Waals surface area (Å²) in [6.45, 7) is 2.08. The minimum atomic E-state index is -0.0164. The van der Waals surface area contributed by atoms with E-state index in [0.717, 1.165) is 23.3 Å². The molecule has 3 aromatic rings. The highest BCUT2D eigenvalue weighted by Gasteiger charge is 2.12. The minimum absolute atomic E-state index is 0.0164. The molecule has 0 fully saturated rings. The molecular weight excluding hydrogens is 300 g/mol. The Balaban J connectivity index is 2.04. The van der Waals surface area contributed by atoms with E-state index in [1.54, 1.807) is 10.7 Å². The van der Waals surface area contributed by atoms with Gasteiger partial charge in [0.1, 0.15) is 5.82 Å². The molecular formula is C16H17ClN4O. The summed E-state index contributed by atoms with van der Waals surface area (Å²) in [6.07, 6.45) is 2.58. The average Bonchev–Trinajstić information content (AvgIpc) is 2.96. The number of aromatic nitrogens is 3. The van der Waals surface area contributed by atoms with Crippen LogP contribution in [0.5, 0.6) is 0 Å². The summed E-state index contributed by atoms with van der Waals surface area (Å²) in [6, 6.07) is 11.3. The Labute approximate surface area is 133 Å². The number of aliphatic hydroxyl groups is 1. The van der Waals surface area contributed by atoms with E-state index in [1.807, 2.05) is 43.3 Å². The van der Waals surface area contributed by atoms with E-state index in [2.05, 4.69) is 15.4 Å². The van der Waals surface area contributed by atoms with E-state index in [9.17, 15) is 5.11 Å². The van der Waals surface area contributed by atoms with Crippen LogP contribution in [0.2, 0.25) is 5.02 Å². The first kappa shape index (κ1) is 14.8. The molecule has 0 aliphatic rings. The highest BCUT2D eigenvalue weighted by atomic mass is 35.5. The summed E-state index contributed by atoms with van der Waals surface area (Å²) in [4.78, 5) is 4.36. The fourth-order valence-corrected chi connectivity index (χ4v) is 2.52. The second-order valence-corrected chi connectivity index (χ2v) is 5.45. The zero-order valence-electron chi connectivity index (χ0n) is 12.2. The van der Waals surface area contributed by atoms with Crippen LogP contribution in [-0.4, -0.2) is 32.4 Å². The second-order valence-electron chi connectivity index (χ2n) is 5.04. The van der Waals surface area contributed by atoms with Gasteiger partial charge in [0.25, 0.3) is 0 Å². The van der Waals surface area contributed by atoms with Gasteiger partial charge in [-0.15, -0.1) is 5.10 Å². The third-order valence-corrected chi connectivity index (χ3v) is 3.91. The SMILES string of the molecule is CCC(CO)Nc1ccc2ncc(-c3ccccc3Cl)n2n1. The highest BCUT2D eigenvalue weighted by Crippen LogP contribution is 2.27. The molecule has 0 saturated carbocycles. The van der Waals surface area contributed by atoms with Crippen molar-refractivity contribution in [2.24, 2.45) is 0 Å². The Morgan fingerprint density at radius 1 is 1.27 bits per heavy atom.